The lowest BCUT2D eigenvalue weighted by Gasteiger charge is -1.96. The van der Waals surface area contributed by atoms with Crippen LogP contribution in [0.4, 0.5) is 0 Å². The van der Waals surface area contributed by atoms with Gasteiger partial charge in [-0.15, -0.1) is 11.8 Å². The summed E-state index contributed by atoms with van der Waals surface area (Å²) in [7, 11) is 0. The Balaban J connectivity index is 2.75. The average Bonchev–Trinajstić information content (AvgIpc) is 1.88. The first kappa shape index (κ1) is 7.96. The maximum absolute atomic E-state index is 5.75. The lowest BCUT2D eigenvalue weighted by molar-refractivity contribution is 1.46. The van der Waals surface area contributed by atoms with Crippen LogP contribution in [-0.2, 0) is 0 Å². The molecule has 0 aliphatic rings. The highest BCUT2D eigenvalue weighted by atomic mass is 35.5. The van der Waals surface area contributed by atoms with Crippen molar-refractivity contribution >= 4 is 23.4 Å². The van der Waals surface area contributed by atoms with Crippen molar-refractivity contribution < 1.29 is 0 Å². The van der Waals surface area contributed by atoms with Crippen LogP contribution in [0, 0.1) is 6.92 Å². The highest BCUT2D eigenvalue weighted by Gasteiger charge is 1.90. The predicted octanol–water partition coefficient (Wildman–Crippen LogP) is 3.27. The van der Waals surface area contributed by atoms with Crippen molar-refractivity contribution in [1.82, 2.24) is 0 Å². The van der Waals surface area contributed by atoms with E-state index in [0.717, 1.165) is 10.8 Å². The van der Waals surface area contributed by atoms with E-state index < -0.39 is 0 Å². The Morgan fingerprint density at radius 1 is 1.50 bits per heavy atom. The minimum atomic E-state index is 0.790. The quantitative estimate of drug-likeness (QED) is 0.616. The maximum Gasteiger partial charge on any atom is 0.0417 e. The molecular weight excluding hydrogens is 164 g/mol. The smallest absolute Gasteiger partial charge is 0.0417 e. The second-order valence-electron chi connectivity index (χ2n) is 1.81. The summed E-state index contributed by atoms with van der Waals surface area (Å²) >= 11 is 7.44. The Bertz CT molecular complexity index is 210. The van der Waals surface area contributed by atoms with Crippen molar-refractivity contribution in [3.8, 4) is 0 Å². The highest BCUT2D eigenvalue weighted by Crippen LogP contribution is 2.20. The Hall–Kier alpha value is -0.140. The van der Waals surface area contributed by atoms with E-state index in [1.165, 1.54) is 4.90 Å². The van der Waals surface area contributed by atoms with Crippen LogP contribution in [0.1, 0.15) is 0 Å². The summed E-state index contributed by atoms with van der Waals surface area (Å²) in [6.07, 6.45) is 0. The minimum Gasteiger partial charge on any atom is -0.126 e. The summed E-state index contributed by atoms with van der Waals surface area (Å²) < 4.78 is 0. The monoisotopic (exact) mass is 171 g/mol. The zero-order valence-corrected chi connectivity index (χ0v) is 7.08. The van der Waals surface area contributed by atoms with Crippen LogP contribution in [0.2, 0.25) is 5.02 Å². The third-order valence-corrected chi connectivity index (χ3v) is 2.09. The molecule has 0 heterocycles. The fraction of sp³-hybridized carbons (Fsp3) is 0.125. The molecule has 0 atom stereocenters. The molecule has 1 aromatic rings. The van der Waals surface area contributed by atoms with Crippen LogP contribution in [-0.4, -0.2) is 5.75 Å². The zero-order valence-electron chi connectivity index (χ0n) is 5.51. The molecule has 0 saturated carbocycles. The molecule has 1 aromatic carbocycles. The molecule has 0 nitrogen and oxygen atoms in total. The third kappa shape index (κ3) is 2.24. The van der Waals surface area contributed by atoms with Crippen LogP contribution < -0.4 is 0 Å². The van der Waals surface area contributed by atoms with Gasteiger partial charge in [0.05, 0.1) is 0 Å². The van der Waals surface area contributed by atoms with Crippen LogP contribution in [0.15, 0.2) is 29.2 Å². The molecule has 0 fully saturated rings. The van der Waals surface area contributed by atoms with Gasteiger partial charge in [0.25, 0.3) is 0 Å². The van der Waals surface area contributed by atoms with Gasteiger partial charge in [-0.1, -0.05) is 17.7 Å². The van der Waals surface area contributed by atoms with Gasteiger partial charge in [-0.05, 0) is 30.9 Å². The number of hydrogen-bond acceptors (Lipinski definition) is 1. The molecular formula is C8H8ClS. The topological polar surface area (TPSA) is 0 Å². The molecule has 10 heavy (non-hydrogen) atoms. The van der Waals surface area contributed by atoms with Gasteiger partial charge in [-0.25, -0.2) is 0 Å². The predicted molar refractivity (Wildman–Crippen MR) is 47.5 cm³/mol. The Kier molecular flexibility index (Phi) is 3.10. The Morgan fingerprint density at radius 3 is 2.90 bits per heavy atom. The van der Waals surface area contributed by atoms with Crippen molar-refractivity contribution in [3.63, 3.8) is 0 Å². The third-order valence-electron chi connectivity index (χ3n) is 1.06. The summed E-state index contributed by atoms with van der Waals surface area (Å²) in [5.74, 6) is 0.848. The van der Waals surface area contributed by atoms with Crippen molar-refractivity contribution in [2.45, 2.75) is 4.90 Å². The fourth-order valence-corrected chi connectivity index (χ4v) is 1.55. The first-order valence-electron chi connectivity index (χ1n) is 3.00. The van der Waals surface area contributed by atoms with Gasteiger partial charge in [-0.3, -0.25) is 0 Å². The van der Waals surface area contributed by atoms with Gasteiger partial charge in [0.15, 0.2) is 0 Å². The molecule has 0 amide bonds. The van der Waals surface area contributed by atoms with Gasteiger partial charge < -0.3 is 0 Å². The highest BCUT2D eigenvalue weighted by molar-refractivity contribution is 7.99. The number of thioether (sulfide) groups is 1. The number of halogens is 1. The summed E-state index contributed by atoms with van der Waals surface area (Å²) in [6, 6.07) is 7.79. The van der Waals surface area contributed by atoms with Crippen LogP contribution in [0.5, 0.6) is 0 Å². The average molecular weight is 172 g/mol. The van der Waals surface area contributed by atoms with E-state index >= 15 is 0 Å². The molecule has 0 aromatic heterocycles. The second-order valence-corrected chi connectivity index (χ2v) is 3.41. The SMILES string of the molecule is [CH2]CSc1cccc(Cl)c1. The fourth-order valence-electron chi connectivity index (χ4n) is 0.675. The zero-order chi connectivity index (χ0) is 7.40. The van der Waals surface area contributed by atoms with Crippen molar-refractivity contribution in [3.05, 3.63) is 36.2 Å². The molecule has 0 N–H and O–H groups in total. The van der Waals surface area contributed by atoms with Gasteiger partial charge >= 0.3 is 0 Å². The van der Waals surface area contributed by atoms with Gasteiger partial charge in [0.1, 0.15) is 0 Å². The number of hydrogen-bond donors (Lipinski definition) is 0. The van der Waals surface area contributed by atoms with E-state index in [1.54, 1.807) is 11.8 Å². The van der Waals surface area contributed by atoms with Gasteiger partial charge in [-0.2, -0.15) is 0 Å². The lowest BCUT2D eigenvalue weighted by Crippen LogP contribution is -1.71. The minimum absolute atomic E-state index is 0.790. The summed E-state index contributed by atoms with van der Waals surface area (Å²) in [5.41, 5.74) is 0. The lowest BCUT2D eigenvalue weighted by atomic mass is 10.4. The molecule has 0 saturated heterocycles. The van der Waals surface area contributed by atoms with E-state index in [9.17, 15) is 0 Å². The second kappa shape index (κ2) is 3.89. The molecule has 2 heteroatoms. The van der Waals surface area contributed by atoms with E-state index in [1.807, 2.05) is 24.3 Å². The molecule has 0 bridgehead atoms. The molecule has 1 radical (unpaired) electrons. The first-order valence-corrected chi connectivity index (χ1v) is 4.37. The van der Waals surface area contributed by atoms with Crippen molar-refractivity contribution in [1.29, 1.82) is 0 Å². The first-order chi connectivity index (χ1) is 4.83. The number of benzene rings is 1. The normalized spacial score (nSPS) is 9.80. The molecule has 0 unspecified atom stereocenters. The molecule has 1 rings (SSSR count). The summed E-state index contributed by atoms with van der Waals surface area (Å²) in [5, 5.41) is 0.790. The van der Waals surface area contributed by atoms with Crippen LogP contribution in [0.3, 0.4) is 0 Å². The van der Waals surface area contributed by atoms with E-state index in [4.69, 9.17) is 11.6 Å². The largest absolute Gasteiger partial charge is 0.126 e. The van der Waals surface area contributed by atoms with E-state index in [2.05, 4.69) is 6.92 Å². The van der Waals surface area contributed by atoms with Crippen molar-refractivity contribution in [2.24, 2.45) is 0 Å². The van der Waals surface area contributed by atoms with Crippen LogP contribution in [0.25, 0.3) is 0 Å². The molecule has 0 aliphatic carbocycles. The molecule has 0 aliphatic heterocycles. The Labute approximate surface area is 70.6 Å². The van der Waals surface area contributed by atoms with Crippen LogP contribution >= 0.6 is 23.4 Å². The summed E-state index contributed by atoms with van der Waals surface area (Å²) in [4.78, 5) is 1.18. The standard InChI is InChI=1S/C8H8ClS/c1-2-10-8-5-3-4-7(9)6-8/h3-6H,1-2H2. The Morgan fingerprint density at radius 2 is 2.30 bits per heavy atom. The van der Waals surface area contributed by atoms with E-state index in [-0.39, 0.29) is 0 Å². The number of rotatable bonds is 2. The summed E-state index contributed by atoms with van der Waals surface area (Å²) in [6.45, 7) is 3.73. The molecule has 53 valence electrons. The van der Waals surface area contributed by atoms with Gasteiger partial charge in [0.2, 0.25) is 0 Å². The molecule has 0 spiro atoms. The van der Waals surface area contributed by atoms with Gasteiger partial charge in [0, 0.05) is 9.92 Å². The van der Waals surface area contributed by atoms with E-state index in [0.29, 0.717) is 0 Å². The maximum atomic E-state index is 5.75. The van der Waals surface area contributed by atoms with Crippen molar-refractivity contribution in [2.75, 3.05) is 5.75 Å².